The Morgan fingerprint density at radius 1 is 1.07 bits per heavy atom. The summed E-state index contributed by atoms with van der Waals surface area (Å²) in [5.41, 5.74) is 0.438. The zero-order chi connectivity index (χ0) is 21.8. The first kappa shape index (κ1) is 21.1. The molecule has 2 N–H and O–H groups in total. The molecule has 2 aromatic rings. The Bertz CT molecular complexity index is 1080. The molecule has 8 nitrogen and oxygen atoms in total. The van der Waals surface area contributed by atoms with Crippen LogP contribution < -0.4 is 10.2 Å². The summed E-state index contributed by atoms with van der Waals surface area (Å²) in [7, 11) is 0. The Morgan fingerprint density at radius 2 is 1.77 bits per heavy atom. The number of imide groups is 1. The molecule has 0 aliphatic carbocycles. The van der Waals surface area contributed by atoms with Gasteiger partial charge in [-0.05, 0) is 42.8 Å². The number of nitrogens with zero attached hydrogens (tertiary/aromatic N) is 1. The van der Waals surface area contributed by atoms with E-state index in [1.54, 1.807) is 0 Å². The van der Waals surface area contributed by atoms with Crippen molar-refractivity contribution in [1.29, 1.82) is 0 Å². The number of nitrogens with one attached hydrogen (secondary N) is 1. The van der Waals surface area contributed by atoms with E-state index >= 15 is 0 Å². The molecular formula is C21H17ClN2O6. The number of benzene rings is 2. The number of carboxylic acid groups (broad SMARTS) is 1. The van der Waals surface area contributed by atoms with E-state index in [4.69, 9.17) is 21.4 Å². The number of esters is 1. The second-order valence-electron chi connectivity index (χ2n) is 6.33. The van der Waals surface area contributed by atoms with Crippen molar-refractivity contribution in [3.05, 3.63) is 70.4 Å². The van der Waals surface area contributed by atoms with E-state index in [2.05, 4.69) is 5.32 Å². The molecular weight excluding hydrogens is 412 g/mol. The Hall–Kier alpha value is -3.65. The van der Waals surface area contributed by atoms with Crippen molar-refractivity contribution >= 4 is 46.7 Å². The number of hydrogen-bond acceptors (Lipinski definition) is 6. The third kappa shape index (κ3) is 4.18. The lowest BCUT2D eigenvalue weighted by Gasteiger charge is -2.16. The number of amides is 2. The SMILES string of the molecule is CCCOC(=O)c1cccc(N2C(=O)C(Cl)=C(Nc3cccc(C(=O)O)c3)C2=O)c1. The first-order chi connectivity index (χ1) is 14.3. The van der Waals surface area contributed by atoms with Crippen LogP contribution in [0.25, 0.3) is 0 Å². The van der Waals surface area contributed by atoms with E-state index in [1.807, 2.05) is 6.92 Å². The fraction of sp³-hybridized carbons (Fsp3) is 0.143. The molecule has 9 heteroatoms. The van der Waals surface area contributed by atoms with Gasteiger partial charge >= 0.3 is 11.9 Å². The van der Waals surface area contributed by atoms with Crippen molar-refractivity contribution in [3.8, 4) is 0 Å². The van der Waals surface area contributed by atoms with Crippen LogP contribution in [0.15, 0.2) is 59.3 Å². The summed E-state index contributed by atoms with van der Waals surface area (Å²) in [6, 6.07) is 11.6. The van der Waals surface area contributed by atoms with E-state index in [0.717, 1.165) is 4.90 Å². The Labute approximate surface area is 176 Å². The zero-order valence-electron chi connectivity index (χ0n) is 15.8. The Kier molecular flexibility index (Phi) is 6.17. The molecule has 0 radical (unpaired) electrons. The topological polar surface area (TPSA) is 113 Å². The Balaban J connectivity index is 1.86. The van der Waals surface area contributed by atoms with Gasteiger partial charge in [-0.3, -0.25) is 9.59 Å². The van der Waals surface area contributed by atoms with Crippen molar-refractivity contribution in [3.63, 3.8) is 0 Å². The molecule has 0 saturated heterocycles. The molecule has 2 aromatic carbocycles. The van der Waals surface area contributed by atoms with Crippen LogP contribution in [-0.2, 0) is 14.3 Å². The monoisotopic (exact) mass is 428 g/mol. The lowest BCUT2D eigenvalue weighted by molar-refractivity contribution is -0.120. The predicted molar refractivity (Wildman–Crippen MR) is 109 cm³/mol. The number of halogens is 1. The quantitative estimate of drug-likeness (QED) is 0.513. The fourth-order valence-electron chi connectivity index (χ4n) is 2.77. The first-order valence-electron chi connectivity index (χ1n) is 8.99. The summed E-state index contributed by atoms with van der Waals surface area (Å²) in [5, 5.41) is 11.5. The van der Waals surface area contributed by atoms with Crippen LogP contribution in [0.5, 0.6) is 0 Å². The molecule has 0 spiro atoms. The highest BCUT2D eigenvalue weighted by molar-refractivity contribution is 6.53. The molecule has 1 aliphatic heterocycles. The predicted octanol–water partition coefficient (Wildman–Crippen LogP) is 3.39. The van der Waals surface area contributed by atoms with Crippen LogP contribution in [0.1, 0.15) is 34.1 Å². The first-order valence-corrected chi connectivity index (χ1v) is 9.37. The lowest BCUT2D eigenvalue weighted by Crippen LogP contribution is -2.32. The number of anilines is 2. The maximum Gasteiger partial charge on any atom is 0.338 e. The number of ether oxygens (including phenoxy) is 1. The average molecular weight is 429 g/mol. The van der Waals surface area contributed by atoms with Crippen molar-refractivity contribution in [2.24, 2.45) is 0 Å². The lowest BCUT2D eigenvalue weighted by atomic mass is 10.2. The second-order valence-corrected chi connectivity index (χ2v) is 6.71. The maximum absolute atomic E-state index is 12.9. The number of hydrogen-bond donors (Lipinski definition) is 2. The van der Waals surface area contributed by atoms with Gasteiger partial charge in [-0.2, -0.15) is 0 Å². The van der Waals surface area contributed by atoms with E-state index in [9.17, 15) is 19.2 Å². The summed E-state index contributed by atoms with van der Waals surface area (Å²) in [6.07, 6.45) is 0.659. The van der Waals surface area contributed by atoms with Crippen molar-refractivity contribution in [1.82, 2.24) is 0 Å². The van der Waals surface area contributed by atoms with Crippen LogP contribution in [0.2, 0.25) is 0 Å². The van der Waals surface area contributed by atoms with Crippen LogP contribution in [0, 0.1) is 0 Å². The van der Waals surface area contributed by atoms with Crippen molar-refractivity contribution in [2.45, 2.75) is 13.3 Å². The molecule has 0 aromatic heterocycles. The van der Waals surface area contributed by atoms with Crippen LogP contribution >= 0.6 is 11.6 Å². The molecule has 0 unspecified atom stereocenters. The van der Waals surface area contributed by atoms with Crippen LogP contribution in [0.3, 0.4) is 0 Å². The number of carbonyl (C=O) groups is 4. The van der Waals surface area contributed by atoms with Gasteiger partial charge in [0.25, 0.3) is 11.8 Å². The van der Waals surface area contributed by atoms with Gasteiger partial charge in [0.1, 0.15) is 10.7 Å². The fourth-order valence-corrected chi connectivity index (χ4v) is 2.98. The van der Waals surface area contributed by atoms with Crippen molar-refractivity contribution < 1.29 is 29.0 Å². The van der Waals surface area contributed by atoms with Gasteiger partial charge < -0.3 is 15.2 Å². The number of carbonyl (C=O) groups excluding carboxylic acids is 3. The third-order valence-electron chi connectivity index (χ3n) is 4.18. The van der Waals surface area contributed by atoms with Crippen LogP contribution in [-0.4, -0.2) is 35.5 Å². The smallest absolute Gasteiger partial charge is 0.338 e. The molecule has 1 aliphatic rings. The summed E-state index contributed by atoms with van der Waals surface area (Å²) < 4.78 is 5.08. The van der Waals surface area contributed by atoms with Gasteiger partial charge in [-0.15, -0.1) is 0 Å². The third-order valence-corrected chi connectivity index (χ3v) is 4.53. The minimum atomic E-state index is -1.14. The highest BCUT2D eigenvalue weighted by Crippen LogP contribution is 2.30. The Morgan fingerprint density at radius 3 is 2.47 bits per heavy atom. The van der Waals surface area contributed by atoms with E-state index in [1.165, 1.54) is 48.5 Å². The molecule has 30 heavy (non-hydrogen) atoms. The zero-order valence-corrected chi connectivity index (χ0v) is 16.6. The van der Waals surface area contributed by atoms with Gasteiger partial charge in [0.2, 0.25) is 0 Å². The molecule has 0 atom stereocenters. The van der Waals surface area contributed by atoms with Gasteiger partial charge in [0.15, 0.2) is 0 Å². The van der Waals surface area contributed by atoms with Gasteiger partial charge in [-0.25, -0.2) is 14.5 Å². The number of rotatable bonds is 7. The largest absolute Gasteiger partial charge is 0.478 e. The second kappa shape index (κ2) is 8.79. The van der Waals surface area contributed by atoms with E-state index < -0.39 is 23.8 Å². The maximum atomic E-state index is 12.9. The summed E-state index contributed by atoms with van der Waals surface area (Å²) in [6.45, 7) is 2.11. The molecule has 2 amide bonds. The van der Waals surface area contributed by atoms with Crippen molar-refractivity contribution in [2.75, 3.05) is 16.8 Å². The van der Waals surface area contributed by atoms with Gasteiger partial charge in [0, 0.05) is 5.69 Å². The normalized spacial score (nSPS) is 13.6. The summed E-state index contributed by atoms with van der Waals surface area (Å²) >= 11 is 6.09. The molecule has 0 fully saturated rings. The molecule has 1 heterocycles. The van der Waals surface area contributed by atoms with E-state index in [-0.39, 0.29) is 39.8 Å². The highest BCUT2D eigenvalue weighted by atomic mass is 35.5. The average Bonchev–Trinajstić information content (AvgIpc) is 2.95. The molecule has 0 bridgehead atoms. The molecule has 0 saturated carbocycles. The van der Waals surface area contributed by atoms with Gasteiger partial charge in [-0.1, -0.05) is 30.7 Å². The summed E-state index contributed by atoms with van der Waals surface area (Å²) in [4.78, 5) is 49.5. The molecule has 154 valence electrons. The number of carboxylic acids is 1. The highest BCUT2D eigenvalue weighted by Gasteiger charge is 2.39. The standard InChI is InChI=1S/C21H17ClN2O6/c1-2-9-30-21(29)13-6-4-8-15(11-13)24-18(25)16(22)17(19(24)26)23-14-7-3-5-12(10-14)20(27)28/h3-8,10-11,23H,2,9H2,1H3,(H,27,28). The number of aromatic carboxylic acids is 1. The van der Waals surface area contributed by atoms with E-state index in [0.29, 0.717) is 6.42 Å². The molecule has 3 rings (SSSR count). The van der Waals surface area contributed by atoms with Crippen LogP contribution in [0.4, 0.5) is 11.4 Å². The summed E-state index contributed by atoms with van der Waals surface area (Å²) in [5.74, 6) is -3.20. The minimum Gasteiger partial charge on any atom is -0.478 e. The van der Waals surface area contributed by atoms with Gasteiger partial charge in [0.05, 0.1) is 23.4 Å². The minimum absolute atomic E-state index is 0.00337.